The van der Waals surface area contributed by atoms with E-state index in [2.05, 4.69) is 30.5 Å². The highest BCUT2D eigenvalue weighted by atomic mass is 32.1. The summed E-state index contributed by atoms with van der Waals surface area (Å²) in [4.78, 5) is 0. The Labute approximate surface area is 130 Å². The first kappa shape index (κ1) is 15.4. The minimum absolute atomic E-state index is 0.262. The Hall–Kier alpha value is -1.94. The first-order valence-electron chi connectivity index (χ1n) is 7.02. The zero-order valence-corrected chi connectivity index (χ0v) is 13.0. The molecule has 4 heteroatoms. The fraction of sp³-hybridized carbons (Fsp3) is 0.235. The van der Waals surface area contributed by atoms with E-state index < -0.39 is 0 Å². The van der Waals surface area contributed by atoms with E-state index in [4.69, 9.17) is 12.2 Å². The lowest BCUT2D eigenvalue weighted by Crippen LogP contribution is -2.20. The van der Waals surface area contributed by atoms with E-state index in [9.17, 15) is 4.39 Å². The molecule has 0 amide bonds. The van der Waals surface area contributed by atoms with Gasteiger partial charge < -0.3 is 10.6 Å². The van der Waals surface area contributed by atoms with E-state index in [-0.39, 0.29) is 5.82 Å². The van der Waals surface area contributed by atoms with Gasteiger partial charge in [-0.2, -0.15) is 0 Å². The second kappa shape index (κ2) is 7.18. The highest BCUT2D eigenvalue weighted by molar-refractivity contribution is 7.80. The molecule has 2 N–H and O–H groups in total. The second-order valence-corrected chi connectivity index (χ2v) is 5.39. The maximum Gasteiger partial charge on any atom is 0.175 e. The normalized spacial score (nSPS) is 11.8. The molecule has 0 aliphatic heterocycles. The van der Waals surface area contributed by atoms with Crippen molar-refractivity contribution >= 4 is 28.7 Å². The van der Waals surface area contributed by atoms with Gasteiger partial charge >= 0.3 is 0 Å². The molecule has 2 rings (SSSR count). The summed E-state index contributed by atoms with van der Waals surface area (Å²) < 4.78 is 12.9. The van der Waals surface area contributed by atoms with Crippen LogP contribution >= 0.6 is 12.2 Å². The molecule has 0 radical (unpaired) electrons. The number of hydrogen-bond acceptors (Lipinski definition) is 1. The van der Waals surface area contributed by atoms with E-state index in [1.807, 2.05) is 18.2 Å². The monoisotopic (exact) mass is 302 g/mol. The van der Waals surface area contributed by atoms with Crippen LogP contribution in [0.4, 0.5) is 15.8 Å². The number of benzene rings is 2. The smallest absolute Gasteiger partial charge is 0.175 e. The molecule has 0 aliphatic carbocycles. The molecule has 0 heterocycles. The highest BCUT2D eigenvalue weighted by Gasteiger charge is 2.09. The Morgan fingerprint density at radius 3 is 2.43 bits per heavy atom. The maximum absolute atomic E-state index is 12.9. The highest BCUT2D eigenvalue weighted by Crippen LogP contribution is 2.26. The standard InChI is InChI=1S/C17H19FN2S/c1-3-12(2)15-6-4-5-7-16(15)20-17(21)19-14-10-8-13(18)9-11-14/h4-12H,3H2,1-2H3,(H2,19,20,21)/t12-/m0/s1. The van der Waals surface area contributed by atoms with Crippen LogP contribution in [-0.2, 0) is 0 Å². The van der Waals surface area contributed by atoms with Crippen molar-refractivity contribution in [1.29, 1.82) is 0 Å². The molecule has 0 spiro atoms. The van der Waals surface area contributed by atoms with Gasteiger partial charge in [0.25, 0.3) is 0 Å². The van der Waals surface area contributed by atoms with E-state index >= 15 is 0 Å². The molecule has 2 nitrogen and oxygen atoms in total. The predicted molar refractivity (Wildman–Crippen MR) is 91.4 cm³/mol. The predicted octanol–water partition coefficient (Wildman–Crippen LogP) is 5.15. The lowest BCUT2D eigenvalue weighted by atomic mass is 9.97. The van der Waals surface area contributed by atoms with Gasteiger partial charge in [-0.15, -0.1) is 0 Å². The molecule has 0 aromatic heterocycles. The summed E-state index contributed by atoms with van der Waals surface area (Å²) >= 11 is 5.32. The lowest BCUT2D eigenvalue weighted by molar-refractivity contribution is 0.628. The average Bonchev–Trinajstić information content (AvgIpc) is 2.49. The summed E-state index contributed by atoms with van der Waals surface area (Å²) in [6.07, 6.45) is 1.07. The Bertz CT molecular complexity index is 610. The van der Waals surface area contributed by atoms with Crippen molar-refractivity contribution in [2.45, 2.75) is 26.2 Å². The maximum atomic E-state index is 12.9. The summed E-state index contributed by atoms with van der Waals surface area (Å²) in [5.41, 5.74) is 3.00. The quantitative estimate of drug-likeness (QED) is 0.764. The zero-order valence-electron chi connectivity index (χ0n) is 12.2. The fourth-order valence-corrected chi connectivity index (χ4v) is 2.31. The van der Waals surface area contributed by atoms with Crippen molar-refractivity contribution in [2.24, 2.45) is 0 Å². The Morgan fingerprint density at radius 2 is 1.76 bits per heavy atom. The Morgan fingerprint density at radius 1 is 1.10 bits per heavy atom. The molecule has 0 unspecified atom stereocenters. The van der Waals surface area contributed by atoms with Crippen molar-refractivity contribution < 1.29 is 4.39 Å². The van der Waals surface area contributed by atoms with E-state index in [1.54, 1.807) is 12.1 Å². The summed E-state index contributed by atoms with van der Waals surface area (Å²) in [6, 6.07) is 14.2. The number of nitrogens with one attached hydrogen (secondary N) is 2. The van der Waals surface area contributed by atoms with Crippen LogP contribution in [-0.4, -0.2) is 5.11 Å². The molecule has 2 aromatic carbocycles. The molecule has 0 bridgehead atoms. The SMILES string of the molecule is CC[C@H](C)c1ccccc1NC(=S)Nc1ccc(F)cc1. The van der Waals surface area contributed by atoms with Gasteiger partial charge in [-0.05, 0) is 60.5 Å². The van der Waals surface area contributed by atoms with E-state index in [1.165, 1.54) is 17.7 Å². The van der Waals surface area contributed by atoms with Crippen molar-refractivity contribution in [3.05, 3.63) is 59.9 Å². The molecule has 0 aliphatic rings. The zero-order chi connectivity index (χ0) is 15.2. The van der Waals surface area contributed by atoms with Crippen LogP contribution in [0.3, 0.4) is 0 Å². The van der Waals surface area contributed by atoms with Crippen molar-refractivity contribution in [3.8, 4) is 0 Å². The third-order valence-electron chi connectivity index (χ3n) is 3.45. The lowest BCUT2D eigenvalue weighted by Gasteiger charge is -2.17. The van der Waals surface area contributed by atoms with Crippen LogP contribution in [0.1, 0.15) is 31.7 Å². The molecule has 110 valence electrons. The van der Waals surface area contributed by atoms with Crippen molar-refractivity contribution in [2.75, 3.05) is 10.6 Å². The van der Waals surface area contributed by atoms with Crippen LogP contribution < -0.4 is 10.6 Å². The molecular formula is C17H19FN2S. The Kier molecular flexibility index (Phi) is 5.28. The van der Waals surface area contributed by atoms with Gasteiger partial charge in [0.05, 0.1) is 0 Å². The molecule has 0 saturated carbocycles. The number of thiocarbonyl (C=S) groups is 1. The number of halogens is 1. The van der Waals surface area contributed by atoms with Crippen molar-refractivity contribution in [3.63, 3.8) is 0 Å². The fourth-order valence-electron chi connectivity index (χ4n) is 2.08. The summed E-state index contributed by atoms with van der Waals surface area (Å²) in [7, 11) is 0. The third-order valence-corrected chi connectivity index (χ3v) is 3.66. The molecule has 0 saturated heterocycles. The first-order chi connectivity index (χ1) is 10.1. The van der Waals surface area contributed by atoms with Gasteiger partial charge in [0.1, 0.15) is 5.82 Å². The number of para-hydroxylation sites is 1. The average molecular weight is 302 g/mol. The molecule has 2 aromatic rings. The van der Waals surface area contributed by atoms with Crippen LogP contribution in [0, 0.1) is 5.82 Å². The van der Waals surface area contributed by atoms with E-state index in [0.717, 1.165) is 17.8 Å². The molecular weight excluding hydrogens is 283 g/mol. The molecule has 0 fully saturated rings. The minimum atomic E-state index is -0.262. The number of hydrogen-bond donors (Lipinski definition) is 2. The van der Waals surface area contributed by atoms with Crippen LogP contribution in [0.15, 0.2) is 48.5 Å². The van der Waals surface area contributed by atoms with Gasteiger partial charge in [0.15, 0.2) is 5.11 Å². The number of anilines is 2. The summed E-state index contributed by atoms with van der Waals surface area (Å²) in [5.74, 6) is 0.198. The molecule has 1 atom stereocenters. The van der Waals surface area contributed by atoms with Gasteiger partial charge in [0, 0.05) is 11.4 Å². The minimum Gasteiger partial charge on any atom is -0.332 e. The molecule has 21 heavy (non-hydrogen) atoms. The second-order valence-electron chi connectivity index (χ2n) is 4.98. The van der Waals surface area contributed by atoms with Crippen LogP contribution in [0.2, 0.25) is 0 Å². The van der Waals surface area contributed by atoms with E-state index in [0.29, 0.717) is 11.0 Å². The van der Waals surface area contributed by atoms with Gasteiger partial charge in [-0.25, -0.2) is 4.39 Å². The summed E-state index contributed by atoms with van der Waals surface area (Å²) in [5, 5.41) is 6.77. The Balaban J connectivity index is 2.07. The number of rotatable bonds is 4. The van der Waals surface area contributed by atoms with Crippen LogP contribution in [0.25, 0.3) is 0 Å². The van der Waals surface area contributed by atoms with Crippen molar-refractivity contribution in [1.82, 2.24) is 0 Å². The van der Waals surface area contributed by atoms with Gasteiger partial charge in [-0.1, -0.05) is 32.0 Å². The summed E-state index contributed by atoms with van der Waals surface area (Å²) in [6.45, 7) is 4.35. The third kappa shape index (κ3) is 4.26. The van der Waals surface area contributed by atoms with Crippen LogP contribution in [0.5, 0.6) is 0 Å². The first-order valence-corrected chi connectivity index (χ1v) is 7.43. The topological polar surface area (TPSA) is 24.1 Å². The largest absolute Gasteiger partial charge is 0.332 e. The van der Waals surface area contributed by atoms with Gasteiger partial charge in [0.2, 0.25) is 0 Å². The van der Waals surface area contributed by atoms with Gasteiger partial charge in [-0.3, -0.25) is 0 Å².